The maximum absolute atomic E-state index is 6.02. The monoisotopic (exact) mass is 261 g/mol. The van der Waals surface area contributed by atoms with E-state index in [9.17, 15) is 0 Å². The van der Waals surface area contributed by atoms with E-state index in [0.717, 1.165) is 6.42 Å². The van der Waals surface area contributed by atoms with Gasteiger partial charge in [0.05, 0.1) is 10.0 Å². The van der Waals surface area contributed by atoms with E-state index in [2.05, 4.69) is 31.1 Å². The molecule has 1 heterocycles. The number of rotatable bonds is 4. The molecule has 3 nitrogen and oxygen atoms in total. The number of nitrogens with zero attached hydrogens (tertiary/aromatic N) is 1. The first-order valence-corrected chi connectivity index (χ1v) is 6.03. The normalized spacial score (nSPS) is 12.9. The lowest BCUT2D eigenvalue weighted by molar-refractivity contribution is 0.539. The first kappa shape index (κ1) is 13.4. The summed E-state index contributed by atoms with van der Waals surface area (Å²) in [6.45, 7) is 6.43. The van der Waals surface area contributed by atoms with Gasteiger partial charge in [-0.1, -0.05) is 37.0 Å². The largest absolute Gasteiger partial charge is 0.382 e. The van der Waals surface area contributed by atoms with Crippen molar-refractivity contribution in [3.8, 4) is 0 Å². The van der Waals surface area contributed by atoms with Crippen molar-refractivity contribution >= 4 is 34.8 Å². The Morgan fingerprint density at radius 2 is 1.94 bits per heavy atom. The summed E-state index contributed by atoms with van der Waals surface area (Å²) < 4.78 is 0. The molecule has 1 aromatic heterocycles. The highest BCUT2D eigenvalue weighted by Gasteiger charge is 2.10. The molecule has 0 radical (unpaired) electrons. The van der Waals surface area contributed by atoms with Gasteiger partial charge in [-0.05, 0) is 25.3 Å². The average molecular weight is 262 g/mol. The minimum Gasteiger partial charge on any atom is -0.382 e. The second-order valence-corrected chi connectivity index (χ2v) is 5.18. The summed E-state index contributed by atoms with van der Waals surface area (Å²) in [5, 5.41) is 4.10. The zero-order valence-electron chi connectivity index (χ0n) is 9.72. The molecule has 0 spiro atoms. The summed E-state index contributed by atoms with van der Waals surface area (Å²) in [5.74, 6) is 1.51. The van der Waals surface area contributed by atoms with E-state index in [0.29, 0.717) is 33.6 Å². The Kier molecular flexibility index (Phi) is 4.69. The summed E-state index contributed by atoms with van der Waals surface area (Å²) in [4.78, 5) is 4.12. The maximum atomic E-state index is 6.02. The number of pyridine rings is 1. The van der Waals surface area contributed by atoms with Crippen LogP contribution in [0.3, 0.4) is 0 Å². The van der Waals surface area contributed by atoms with E-state index in [1.54, 1.807) is 6.07 Å². The van der Waals surface area contributed by atoms with Crippen LogP contribution in [0, 0.1) is 5.92 Å². The molecule has 0 aliphatic carbocycles. The van der Waals surface area contributed by atoms with Crippen molar-refractivity contribution in [1.82, 2.24) is 4.98 Å². The molecule has 0 bridgehead atoms. The number of anilines is 2. The Morgan fingerprint density at radius 3 is 2.50 bits per heavy atom. The molecule has 90 valence electrons. The fraction of sp³-hybridized carbons (Fsp3) is 0.545. The first-order valence-electron chi connectivity index (χ1n) is 5.28. The van der Waals surface area contributed by atoms with Crippen LogP contribution in [-0.2, 0) is 0 Å². The topological polar surface area (TPSA) is 50.9 Å². The van der Waals surface area contributed by atoms with Gasteiger partial charge in [-0.15, -0.1) is 0 Å². The Labute approximate surface area is 106 Å². The van der Waals surface area contributed by atoms with Crippen LogP contribution in [0.4, 0.5) is 11.6 Å². The van der Waals surface area contributed by atoms with Gasteiger partial charge in [0, 0.05) is 6.04 Å². The number of nitrogens with one attached hydrogen (secondary N) is 1. The second-order valence-electron chi connectivity index (χ2n) is 4.36. The molecule has 1 aromatic rings. The van der Waals surface area contributed by atoms with E-state index in [1.165, 1.54) is 0 Å². The number of nitrogens with two attached hydrogens (primary N) is 1. The van der Waals surface area contributed by atoms with Gasteiger partial charge in [0.2, 0.25) is 0 Å². The van der Waals surface area contributed by atoms with Crippen molar-refractivity contribution in [3.63, 3.8) is 0 Å². The minimum absolute atomic E-state index is 0.297. The highest BCUT2D eigenvalue weighted by Crippen LogP contribution is 2.28. The zero-order chi connectivity index (χ0) is 12.3. The highest BCUT2D eigenvalue weighted by molar-refractivity contribution is 6.37. The molecule has 0 aliphatic rings. The van der Waals surface area contributed by atoms with Crippen LogP contribution in [0.25, 0.3) is 0 Å². The molecule has 5 heteroatoms. The molecule has 0 fully saturated rings. The second kappa shape index (κ2) is 5.60. The molecule has 0 amide bonds. The van der Waals surface area contributed by atoms with Crippen LogP contribution in [0.1, 0.15) is 27.2 Å². The lowest BCUT2D eigenvalue weighted by Gasteiger charge is -2.17. The van der Waals surface area contributed by atoms with Crippen molar-refractivity contribution in [3.05, 3.63) is 16.1 Å². The molecule has 1 rings (SSSR count). The van der Waals surface area contributed by atoms with Crippen LogP contribution in [0.15, 0.2) is 6.07 Å². The van der Waals surface area contributed by atoms with Crippen molar-refractivity contribution in [2.45, 2.75) is 33.2 Å². The number of halogens is 2. The van der Waals surface area contributed by atoms with Gasteiger partial charge < -0.3 is 11.1 Å². The molecule has 0 saturated heterocycles. The molecule has 1 unspecified atom stereocenters. The number of hydrogen-bond acceptors (Lipinski definition) is 3. The molecule has 0 saturated carbocycles. The Balaban J connectivity index is 2.77. The molecule has 3 N–H and O–H groups in total. The molecular weight excluding hydrogens is 245 g/mol. The standard InChI is InChI=1S/C11H17Cl2N3/c1-6(2)4-7(3)15-11-9(13)5-8(12)10(14)16-11/h5-7H,4H2,1-3H3,(H3,14,15,16). The molecule has 1 atom stereocenters. The Morgan fingerprint density at radius 1 is 1.31 bits per heavy atom. The molecule has 16 heavy (non-hydrogen) atoms. The summed E-state index contributed by atoms with van der Waals surface area (Å²) in [5.41, 5.74) is 5.62. The number of aromatic nitrogens is 1. The fourth-order valence-corrected chi connectivity index (χ4v) is 1.99. The smallest absolute Gasteiger partial charge is 0.147 e. The van der Waals surface area contributed by atoms with E-state index < -0.39 is 0 Å². The van der Waals surface area contributed by atoms with Crippen molar-refractivity contribution < 1.29 is 0 Å². The lowest BCUT2D eigenvalue weighted by Crippen LogP contribution is -2.18. The number of nitrogen functional groups attached to an aromatic ring is 1. The summed E-state index contributed by atoms with van der Waals surface area (Å²) in [6, 6.07) is 1.90. The van der Waals surface area contributed by atoms with Gasteiger partial charge in [-0.2, -0.15) is 0 Å². The van der Waals surface area contributed by atoms with E-state index >= 15 is 0 Å². The van der Waals surface area contributed by atoms with E-state index in [-0.39, 0.29) is 0 Å². The summed E-state index contributed by atoms with van der Waals surface area (Å²) in [6.07, 6.45) is 1.04. The SMILES string of the molecule is CC(C)CC(C)Nc1nc(N)c(Cl)cc1Cl. The van der Waals surface area contributed by atoms with Gasteiger partial charge in [-0.25, -0.2) is 4.98 Å². The maximum Gasteiger partial charge on any atom is 0.147 e. The van der Waals surface area contributed by atoms with Crippen molar-refractivity contribution in [1.29, 1.82) is 0 Å². The molecule has 0 aromatic carbocycles. The zero-order valence-corrected chi connectivity index (χ0v) is 11.2. The van der Waals surface area contributed by atoms with Gasteiger partial charge in [0.25, 0.3) is 0 Å². The van der Waals surface area contributed by atoms with Gasteiger partial charge >= 0.3 is 0 Å². The van der Waals surface area contributed by atoms with Gasteiger partial charge in [0.1, 0.15) is 11.6 Å². The summed E-state index contributed by atoms with van der Waals surface area (Å²) in [7, 11) is 0. The fourth-order valence-electron chi connectivity index (χ4n) is 1.58. The van der Waals surface area contributed by atoms with Crippen molar-refractivity contribution in [2.75, 3.05) is 11.1 Å². The third kappa shape index (κ3) is 3.72. The van der Waals surface area contributed by atoms with E-state index in [4.69, 9.17) is 28.9 Å². The average Bonchev–Trinajstić information content (AvgIpc) is 2.12. The van der Waals surface area contributed by atoms with E-state index in [1.807, 2.05) is 0 Å². The van der Waals surface area contributed by atoms with Crippen LogP contribution in [-0.4, -0.2) is 11.0 Å². The van der Waals surface area contributed by atoms with Crippen LogP contribution >= 0.6 is 23.2 Å². The van der Waals surface area contributed by atoms with Crippen molar-refractivity contribution in [2.24, 2.45) is 5.92 Å². The Hall–Kier alpha value is -0.670. The predicted octanol–water partition coefficient (Wildman–Crippen LogP) is 3.82. The van der Waals surface area contributed by atoms with Gasteiger partial charge in [0.15, 0.2) is 0 Å². The molecular formula is C11H17Cl2N3. The lowest BCUT2D eigenvalue weighted by atomic mass is 10.1. The quantitative estimate of drug-likeness (QED) is 0.867. The predicted molar refractivity (Wildman–Crippen MR) is 71.2 cm³/mol. The minimum atomic E-state index is 0.297. The number of hydrogen-bond donors (Lipinski definition) is 2. The highest BCUT2D eigenvalue weighted by atomic mass is 35.5. The Bertz CT molecular complexity index is 366. The van der Waals surface area contributed by atoms with Crippen LogP contribution in [0.5, 0.6) is 0 Å². The third-order valence-electron chi connectivity index (χ3n) is 2.16. The third-order valence-corrected chi connectivity index (χ3v) is 2.76. The van der Waals surface area contributed by atoms with Crippen LogP contribution in [0.2, 0.25) is 10.0 Å². The van der Waals surface area contributed by atoms with Crippen LogP contribution < -0.4 is 11.1 Å². The summed E-state index contributed by atoms with van der Waals surface area (Å²) >= 11 is 11.8. The van der Waals surface area contributed by atoms with Gasteiger partial charge in [-0.3, -0.25) is 0 Å². The molecule has 0 aliphatic heterocycles. The first-order chi connectivity index (χ1) is 7.40.